The molecule has 1 aliphatic rings. The van der Waals surface area contributed by atoms with Gasteiger partial charge in [-0.3, -0.25) is 4.79 Å². The molecule has 8 nitrogen and oxygen atoms in total. The minimum absolute atomic E-state index is 0.0439. The van der Waals surface area contributed by atoms with Crippen LogP contribution < -0.4 is 25.2 Å². The number of methoxy groups -OCH3 is 1. The zero-order valence-corrected chi connectivity index (χ0v) is 23.8. The van der Waals surface area contributed by atoms with E-state index in [4.69, 9.17) is 30.2 Å². The normalized spacial score (nSPS) is 13.7. The smallest absolute Gasteiger partial charge is 0.349 e. The summed E-state index contributed by atoms with van der Waals surface area (Å²) in [4.78, 5) is 37.7. The van der Waals surface area contributed by atoms with E-state index in [-0.39, 0.29) is 22.9 Å². The molecule has 0 radical (unpaired) electrons. The predicted octanol–water partition coefficient (Wildman–Crippen LogP) is 6.72. The second-order valence-electron chi connectivity index (χ2n) is 10.0. The van der Waals surface area contributed by atoms with E-state index in [9.17, 15) is 14.4 Å². The Morgan fingerprint density at radius 2 is 1.76 bits per heavy atom. The fraction of sp³-hybridized carbons (Fsp3) is 0.242. The molecule has 0 atom stereocenters. The quantitative estimate of drug-likeness (QED) is 0.100. The Labute approximate surface area is 247 Å². The van der Waals surface area contributed by atoms with E-state index in [1.54, 1.807) is 48.5 Å². The minimum atomic E-state index is -0.742. The van der Waals surface area contributed by atoms with Gasteiger partial charge in [-0.05, 0) is 72.5 Å². The first-order valence-corrected chi connectivity index (χ1v) is 14.1. The van der Waals surface area contributed by atoms with Gasteiger partial charge in [-0.15, -0.1) is 0 Å². The Morgan fingerprint density at radius 3 is 2.52 bits per heavy atom. The van der Waals surface area contributed by atoms with Gasteiger partial charge in [-0.2, -0.15) is 0 Å². The third-order valence-electron chi connectivity index (χ3n) is 7.02. The number of carbonyl (C=O) groups is 2. The molecule has 9 heteroatoms. The number of esters is 1. The van der Waals surface area contributed by atoms with Crippen LogP contribution in [0.2, 0.25) is 5.02 Å². The average Bonchev–Trinajstić information content (AvgIpc) is 3.00. The number of benzene rings is 3. The number of halogens is 1. The van der Waals surface area contributed by atoms with Gasteiger partial charge < -0.3 is 23.9 Å². The largest absolute Gasteiger partial charge is 0.493 e. The topological polar surface area (TPSA) is 104 Å². The molecule has 1 aliphatic carbocycles. The molecule has 0 aliphatic heterocycles. The van der Waals surface area contributed by atoms with Crippen molar-refractivity contribution in [3.63, 3.8) is 0 Å². The number of hydrogen-bond acceptors (Lipinski definition) is 7. The van der Waals surface area contributed by atoms with Crippen LogP contribution in [0.15, 0.2) is 82.0 Å². The Morgan fingerprint density at radius 1 is 0.976 bits per heavy atom. The van der Waals surface area contributed by atoms with Gasteiger partial charge in [0.05, 0.1) is 7.11 Å². The predicted molar refractivity (Wildman–Crippen MR) is 160 cm³/mol. The van der Waals surface area contributed by atoms with Crippen LogP contribution in [0.5, 0.6) is 17.2 Å². The molecule has 1 saturated carbocycles. The summed E-state index contributed by atoms with van der Waals surface area (Å²) in [6, 6.07) is 18.9. The number of ether oxygens (including phenoxy) is 3. The van der Waals surface area contributed by atoms with Gasteiger partial charge in [0.2, 0.25) is 0 Å². The lowest BCUT2D eigenvalue weighted by atomic mass is 9.95. The highest BCUT2D eigenvalue weighted by Gasteiger charge is 2.20. The lowest BCUT2D eigenvalue weighted by molar-refractivity contribution is -0.128. The molecule has 0 spiro atoms. The molecule has 1 amide bonds. The zero-order chi connectivity index (χ0) is 29.5. The molecule has 1 heterocycles. The maximum atomic E-state index is 12.7. The molecule has 42 heavy (non-hydrogen) atoms. The summed E-state index contributed by atoms with van der Waals surface area (Å²) in [7, 11) is 1.54. The first kappa shape index (κ1) is 29.0. The molecular formula is C33H30ClNO7. The number of nitrogens with one attached hydrogen (secondary N) is 1. The number of fused-ring (bicyclic) bond motifs is 1. The fourth-order valence-electron chi connectivity index (χ4n) is 4.79. The first-order valence-electron chi connectivity index (χ1n) is 13.7. The zero-order valence-electron chi connectivity index (χ0n) is 23.1. The van der Waals surface area contributed by atoms with Crippen LogP contribution in [-0.4, -0.2) is 25.0 Å². The highest BCUT2D eigenvalue weighted by atomic mass is 35.5. The molecule has 3 aromatic carbocycles. The molecule has 4 aromatic rings. The number of carbonyl (C=O) groups excluding carboxylic acids is 2. The van der Waals surface area contributed by atoms with E-state index in [0.717, 1.165) is 37.7 Å². The van der Waals surface area contributed by atoms with E-state index in [0.29, 0.717) is 34.1 Å². The highest BCUT2D eigenvalue weighted by molar-refractivity contribution is 6.30. The van der Waals surface area contributed by atoms with E-state index >= 15 is 0 Å². The Balaban J connectivity index is 1.21. The van der Waals surface area contributed by atoms with Crippen LogP contribution in [0.25, 0.3) is 17.0 Å². The van der Waals surface area contributed by atoms with Crippen LogP contribution >= 0.6 is 11.6 Å². The van der Waals surface area contributed by atoms with Crippen molar-refractivity contribution in [2.24, 2.45) is 0 Å². The summed E-state index contributed by atoms with van der Waals surface area (Å²) in [6.45, 7) is 0.343. The van der Waals surface area contributed by atoms with Crippen LogP contribution in [0.1, 0.15) is 53.6 Å². The third-order valence-corrected chi connectivity index (χ3v) is 7.27. The van der Waals surface area contributed by atoms with Gasteiger partial charge >= 0.3 is 11.6 Å². The standard InChI is InChI=1S/C33H30ClNO7/c1-39-30-17-21(9-15-28(30)40-20-22-7-12-24(34)13-8-22)10-16-31(36)41-26-14-11-23-18-27(33(38)42-29(23)19-26)32(37)35-25-5-3-2-4-6-25/h7-19,25H,2-6,20H2,1H3,(H,35,37)/b16-10+. The molecule has 1 N–H and O–H groups in total. The van der Waals surface area contributed by atoms with Gasteiger partial charge in [-0.1, -0.05) is 49.1 Å². The van der Waals surface area contributed by atoms with Crippen LogP contribution in [-0.2, 0) is 11.4 Å². The summed E-state index contributed by atoms with van der Waals surface area (Å²) in [5.74, 6) is 0.205. The average molecular weight is 588 g/mol. The van der Waals surface area contributed by atoms with Crippen molar-refractivity contribution in [3.05, 3.63) is 105 Å². The second-order valence-corrected chi connectivity index (χ2v) is 10.5. The summed E-state index contributed by atoms with van der Waals surface area (Å²) < 4.78 is 22.1. The molecule has 216 valence electrons. The monoisotopic (exact) mass is 587 g/mol. The van der Waals surface area contributed by atoms with Crippen molar-refractivity contribution >= 4 is 40.5 Å². The Bertz CT molecular complexity index is 1670. The Hall–Kier alpha value is -4.56. The lowest BCUT2D eigenvalue weighted by Crippen LogP contribution is -2.38. The van der Waals surface area contributed by atoms with Crippen molar-refractivity contribution in [1.29, 1.82) is 0 Å². The summed E-state index contributed by atoms with van der Waals surface area (Å²) in [5, 5.41) is 4.14. The maximum Gasteiger partial charge on any atom is 0.349 e. The molecule has 0 saturated heterocycles. The number of amides is 1. The van der Waals surface area contributed by atoms with E-state index in [2.05, 4.69) is 5.32 Å². The molecule has 0 unspecified atom stereocenters. The molecule has 5 rings (SSSR count). The molecule has 1 aromatic heterocycles. The fourth-order valence-corrected chi connectivity index (χ4v) is 4.91. The van der Waals surface area contributed by atoms with Gasteiger partial charge in [-0.25, -0.2) is 9.59 Å². The molecule has 0 bridgehead atoms. The Kier molecular flexibility index (Phi) is 9.24. The van der Waals surface area contributed by atoms with Crippen LogP contribution in [0.4, 0.5) is 0 Å². The van der Waals surface area contributed by atoms with Crippen LogP contribution in [0.3, 0.4) is 0 Å². The third kappa shape index (κ3) is 7.39. The van der Waals surface area contributed by atoms with Crippen molar-refractivity contribution < 1.29 is 28.2 Å². The first-order chi connectivity index (χ1) is 20.4. The number of hydrogen-bond donors (Lipinski definition) is 1. The minimum Gasteiger partial charge on any atom is -0.493 e. The summed E-state index contributed by atoms with van der Waals surface area (Å²) in [5.41, 5.74) is 1.08. The summed E-state index contributed by atoms with van der Waals surface area (Å²) in [6.07, 6.45) is 7.98. The lowest BCUT2D eigenvalue weighted by Gasteiger charge is -2.22. The second kappa shape index (κ2) is 13.4. The van der Waals surface area contributed by atoms with E-state index < -0.39 is 17.5 Å². The van der Waals surface area contributed by atoms with Gasteiger partial charge in [0.1, 0.15) is 23.5 Å². The SMILES string of the molecule is COc1cc(/C=C/C(=O)Oc2ccc3cc(C(=O)NC4CCCCC4)c(=O)oc3c2)ccc1OCc1ccc(Cl)cc1. The van der Waals surface area contributed by atoms with Crippen molar-refractivity contribution in [1.82, 2.24) is 5.32 Å². The van der Waals surface area contributed by atoms with Crippen molar-refractivity contribution in [2.75, 3.05) is 7.11 Å². The maximum absolute atomic E-state index is 12.7. The molecular weight excluding hydrogens is 558 g/mol. The van der Waals surface area contributed by atoms with Crippen molar-refractivity contribution in [3.8, 4) is 17.2 Å². The highest BCUT2D eigenvalue weighted by Crippen LogP contribution is 2.30. The van der Waals surface area contributed by atoms with E-state index in [1.165, 1.54) is 25.3 Å². The van der Waals surface area contributed by atoms with Crippen LogP contribution in [0, 0.1) is 0 Å². The van der Waals surface area contributed by atoms with Gasteiger partial charge in [0.25, 0.3) is 5.91 Å². The summed E-state index contributed by atoms with van der Waals surface area (Å²) >= 11 is 5.93. The number of rotatable bonds is 9. The van der Waals surface area contributed by atoms with Gasteiger partial charge in [0, 0.05) is 28.6 Å². The molecule has 1 fully saturated rings. The van der Waals surface area contributed by atoms with E-state index in [1.807, 2.05) is 12.1 Å². The van der Waals surface area contributed by atoms with Gasteiger partial charge in [0.15, 0.2) is 11.5 Å². The van der Waals surface area contributed by atoms with Crippen molar-refractivity contribution in [2.45, 2.75) is 44.8 Å².